The third-order valence-electron chi connectivity index (χ3n) is 5.35. The van der Waals surface area contributed by atoms with Crippen LogP contribution in [-0.4, -0.2) is 38.1 Å². The number of aromatic nitrogens is 1. The number of fused-ring (bicyclic) bond motifs is 1. The molecule has 0 saturated heterocycles. The fourth-order valence-electron chi connectivity index (χ4n) is 3.68. The Bertz CT molecular complexity index is 1640. The van der Waals surface area contributed by atoms with Gasteiger partial charge in [-0.3, -0.25) is 9.36 Å². The maximum Gasteiger partial charge on any atom is 0.333 e. The Morgan fingerprint density at radius 2 is 1.89 bits per heavy atom. The number of aliphatic imine (C=N–C) groups is 1. The Kier molecular flexibility index (Phi) is 5.87. The van der Waals surface area contributed by atoms with Gasteiger partial charge in [-0.1, -0.05) is 0 Å². The summed E-state index contributed by atoms with van der Waals surface area (Å²) in [7, 11) is -3.95. The van der Waals surface area contributed by atoms with E-state index in [1.165, 1.54) is 10.6 Å². The normalized spacial score (nSPS) is 13.3. The number of sulfonamides is 1. The number of amides is 2. The van der Waals surface area contributed by atoms with Gasteiger partial charge in [-0.25, -0.2) is 22.9 Å². The zero-order chi connectivity index (χ0) is 24.6. The number of nitrogens with one attached hydrogen (secondary N) is 2. The number of anilines is 1. The van der Waals surface area contributed by atoms with E-state index < -0.39 is 16.1 Å². The molecule has 2 aromatic heterocycles. The molecule has 2 N–H and O–H groups in total. The van der Waals surface area contributed by atoms with Crippen molar-refractivity contribution in [2.24, 2.45) is 4.99 Å². The fraction of sp³-hybridized carbons (Fsp3) is 0.125. The number of rotatable bonds is 5. The lowest BCUT2D eigenvalue weighted by atomic mass is 10.1. The molecule has 1 aliphatic rings. The van der Waals surface area contributed by atoms with Crippen LogP contribution in [-0.2, 0) is 14.8 Å². The molecule has 0 spiro atoms. The second-order valence-electron chi connectivity index (χ2n) is 7.80. The van der Waals surface area contributed by atoms with Crippen LogP contribution in [0.4, 0.5) is 10.5 Å². The topological polar surface area (TPSA) is 119 Å². The molecule has 9 nitrogen and oxygen atoms in total. The summed E-state index contributed by atoms with van der Waals surface area (Å²) in [5.74, 6) is 0.585. The molecule has 0 atom stereocenters. The van der Waals surface area contributed by atoms with Gasteiger partial charge in [0.1, 0.15) is 10.8 Å². The van der Waals surface area contributed by atoms with Gasteiger partial charge in [0.25, 0.3) is 15.6 Å². The van der Waals surface area contributed by atoms with Gasteiger partial charge >= 0.3 is 6.03 Å². The highest BCUT2D eigenvalue weighted by Crippen LogP contribution is 2.21. The van der Waals surface area contributed by atoms with Crippen LogP contribution in [0.25, 0.3) is 16.5 Å². The van der Waals surface area contributed by atoms with Crippen molar-refractivity contribution in [3.63, 3.8) is 0 Å². The second kappa shape index (κ2) is 9.01. The number of hydrogen-bond acceptors (Lipinski definition) is 7. The van der Waals surface area contributed by atoms with Gasteiger partial charge in [-0.05, 0) is 73.0 Å². The Labute approximate surface area is 204 Å². The number of carbonyl (C=O) groups is 1. The SMILES string of the molecule is Cc1ccc(S(=O)(=O)NC(=O)Nc2ccc(-n3ccc4cc(C5=NCCO5)ccc4c3=O)cc2)s1. The summed E-state index contributed by atoms with van der Waals surface area (Å²) in [5, 5.41) is 3.82. The van der Waals surface area contributed by atoms with Crippen LogP contribution in [0.2, 0.25) is 0 Å². The zero-order valence-corrected chi connectivity index (χ0v) is 20.2. The summed E-state index contributed by atoms with van der Waals surface area (Å²) in [4.78, 5) is 30.4. The van der Waals surface area contributed by atoms with Gasteiger partial charge in [-0.2, -0.15) is 0 Å². The Morgan fingerprint density at radius 3 is 2.57 bits per heavy atom. The number of nitrogens with zero attached hydrogens (tertiary/aromatic N) is 2. The second-order valence-corrected chi connectivity index (χ2v) is 11.0. The maximum absolute atomic E-state index is 13.1. The smallest absolute Gasteiger partial charge is 0.333 e. The number of ether oxygens (including phenoxy) is 1. The summed E-state index contributed by atoms with van der Waals surface area (Å²) in [5.41, 5.74) is 1.60. The molecule has 5 rings (SSSR count). The van der Waals surface area contributed by atoms with E-state index in [0.717, 1.165) is 27.2 Å². The predicted molar refractivity (Wildman–Crippen MR) is 135 cm³/mol. The van der Waals surface area contributed by atoms with Crippen LogP contribution < -0.4 is 15.6 Å². The van der Waals surface area contributed by atoms with Crippen LogP contribution >= 0.6 is 11.3 Å². The van der Waals surface area contributed by atoms with Crippen molar-refractivity contribution in [2.45, 2.75) is 11.1 Å². The molecule has 1 aliphatic heterocycles. The van der Waals surface area contributed by atoms with Crippen molar-refractivity contribution in [3.8, 4) is 5.69 Å². The Morgan fingerprint density at radius 1 is 1.09 bits per heavy atom. The number of carbonyl (C=O) groups excluding carboxylic acids is 1. The lowest BCUT2D eigenvalue weighted by Gasteiger charge is -2.11. The van der Waals surface area contributed by atoms with Crippen LogP contribution in [0.1, 0.15) is 10.4 Å². The molecule has 0 saturated carbocycles. The molecular formula is C24H20N4O5S2. The third-order valence-corrected chi connectivity index (χ3v) is 8.17. The molecule has 0 aliphatic carbocycles. The van der Waals surface area contributed by atoms with Gasteiger partial charge in [0.15, 0.2) is 0 Å². The van der Waals surface area contributed by atoms with E-state index in [2.05, 4.69) is 10.3 Å². The molecule has 0 fully saturated rings. The number of hydrogen-bond donors (Lipinski definition) is 2. The first-order valence-corrected chi connectivity index (χ1v) is 12.9. The van der Waals surface area contributed by atoms with Crippen LogP contribution in [0.3, 0.4) is 0 Å². The molecule has 0 bridgehead atoms. The van der Waals surface area contributed by atoms with Crippen molar-refractivity contribution >= 4 is 49.7 Å². The quantitative estimate of drug-likeness (QED) is 0.427. The third kappa shape index (κ3) is 4.68. The van der Waals surface area contributed by atoms with Gasteiger partial charge in [0.2, 0.25) is 5.90 Å². The van der Waals surface area contributed by atoms with Gasteiger partial charge in [-0.15, -0.1) is 11.3 Å². The van der Waals surface area contributed by atoms with Gasteiger partial charge in [0, 0.05) is 33.4 Å². The fourth-order valence-corrected chi connectivity index (χ4v) is 5.88. The Balaban J connectivity index is 1.33. The lowest BCUT2D eigenvalue weighted by Crippen LogP contribution is -2.33. The summed E-state index contributed by atoms with van der Waals surface area (Å²) < 4.78 is 33.7. The standard InChI is InChI=1S/C24H20N4O5S2/c1-15-2-9-21(34-15)35(31,32)27-24(30)26-18-4-6-19(7-5-18)28-12-10-16-14-17(22-25-11-13-33-22)3-8-20(16)23(28)29/h2-10,12,14H,11,13H2,1H3,(H2,26,27,30). The van der Waals surface area contributed by atoms with E-state index in [-0.39, 0.29) is 9.77 Å². The molecule has 4 aromatic rings. The minimum atomic E-state index is -3.95. The first-order valence-electron chi connectivity index (χ1n) is 10.6. The predicted octanol–water partition coefficient (Wildman–Crippen LogP) is 3.65. The van der Waals surface area contributed by atoms with E-state index in [1.54, 1.807) is 49.5 Å². The van der Waals surface area contributed by atoms with E-state index in [0.29, 0.717) is 35.8 Å². The monoisotopic (exact) mass is 508 g/mol. The van der Waals surface area contributed by atoms with E-state index in [1.807, 2.05) is 22.9 Å². The molecule has 0 unspecified atom stereocenters. The molecule has 0 radical (unpaired) electrons. The highest BCUT2D eigenvalue weighted by molar-refractivity contribution is 7.92. The maximum atomic E-state index is 13.1. The summed E-state index contributed by atoms with van der Waals surface area (Å²) in [6.45, 7) is 2.97. The zero-order valence-electron chi connectivity index (χ0n) is 18.5. The summed E-state index contributed by atoms with van der Waals surface area (Å²) in [6.07, 6.45) is 1.68. The summed E-state index contributed by atoms with van der Waals surface area (Å²) >= 11 is 1.08. The van der Waals surface area contributed by atoms with Crippen molar-refractivity contribution in [2.75, 3.05) is 18.5 Å². The van der Waals surface area contributed by atoms with Gasteiger partial charge in [0.05, 0.1) is 6.54 Å². The molecule has 11 heteroatoms. The average Bonchev–Trinajstić information content (AvgIpc) is 3.52. The molecule has 178 valence electrons. The summed E-state index contributed by atoms with van der Waals surface area (Å²) in [6, 6.07) is 16.0. The van der Waals surface area contributed by atoms with E-state index in [4.69, 9.17) is 4.74 Å². The minimum Gasteiger partial charge on any atom is -0.476 e. The first kappa shape index (κ1) is 22.8. The van der Waals surface area contributed by atoms with Crippen molar-refractivity contribution in [1.29, 1.82) is 0 Å². The lowest BCUT2D eigenvalue weighted by molar-refractivity contribution is 0.256. The number of urea groups is 1. The number of aryl methyl sites for hydroxylation is 1. The number of thiophene rings is 1. The molecule has 35 heavy (non-hydrogen) atoms. The number of pyridine rings is 1. The molecule has 2 amide bonds. The highest BCUT2D eigenvalue weighted by atomic mass is 32.2. The first-order chi connectivity index (χ1) is 16.8. The molecule has 2 aromatic carbocycles. The van der Waals surface area contributed by atoms with Crippen molar-refractivity contribution in [3.05, 3.63) is 87.7 Å². The molecular weight excluding hydrogens is 488 g/mol. The van der Waals surface area contributed by atoms with E-state index in [9.17, 15) is 18.0 Å². The highest BCUT2D eigenvalue weighted by Gasteiger charge is 2.19. The Hall–Kier alpha value is -3.96. The largest absolute Gasteiger partial charge is 0.476 e. The van der Waals surface area contributed by atoms with Crippen LogP contribution in [0.15, 0.2) is 80.9 Å². The van der Waals surface area contributed by atoms with Crippen molar-refractivity contribution in [1.82, 2.24) is 9.29 Å². The minimum absolute atomic E-state index is 0.0621. The van der Waals surface area contributed by atoms with Gasteiger partial charge < -0.3 is 10.1 Å². The van der Waals surface area contributed by atoms with Crippen LogP contribution in [0, 0.1) is 6.92 Å². The van der Waals surface area contributed by atoms with Crippen LogP contribution in [0.5, 0.6) is 0 Å². The van der Waals surface area contributed by atoms with Crippen molar-refractivity contribution < 1.29 is 17.9 Å². The van der Waals surface area contributed by atoms with E-state index >= 15 is 0 Å². The molecule has 3 heterocycles. The number of benzene rings is 2. The average molecular weight is 509 g/mol.